The summed E-state index contributed by atoms with van der Waals surface area (Å²) in [5.41, 5.74) is 2.48. The molecule has 6 nitrogen and oxygen atoms in total. The molecule has 1 aliphatic heterocycles. The number of carbonyl (C=O) groups excluding carboxylic acids is 2. The fourth-order valence-electron chi connectivity index (χ4n) is 2.93. The first-order chi connectivity index (χ1) is 13.2. The molecule has 2 aromatic rings. The molecular formula is C21H25N3O3. The Kier molecular flexibility index (Phi) is 6.96. The van der Waals surface area contributed by atoms with Crippen molar-refractivity contribution in [2.75, 3.05) is 30.3 Å². The highest BCUT2D eigenvalue weighted by Crippen LogP contribution is 2.16. The largest absolute Gasteiger partial charge is 0.326 e. The van der Waals surface area contributed by atoms with Crippen LogP contribution in [0.2, 0.25) is 0 Å². The quantitative estimate of drug-likeness (QED) is 0.752. The van der Waals surface area contributed by atoms with Gasteiger partial charge in [-0.05, 0) is 36.6 Å². The number of nitrogens with zero attached hydrogens (tertiary/aromatic N) is 1. The molecule has 0 unspecified atom stereocenters. The maximum Gasteiger partial charge on any atom is 0.225 e. The zero-order valence-corrected chi connectivity index (χ0v) is 15.3. The van der Waals surface area contributed by atoms with Gasteiger partial charge in [0.1, 0.15) is 0 Å². The van der Waals surface area contributed by atoms with E-state index in [2.05, 4.69) is 10.6 Å². The standard InChI is InChI=1S/C21H25N3O3/c25-20(11-10-17-6-2-1-3-7-17)22-18-8-4-9-19(16-18)23-21(26)12-14-24-13-5-15-27-24/h1-4,6-9,16H,5,10-15H2,(H,22,25)(H,23,26). The number of benzene rings is 2. The van der Waals surface area contributed by atoms with E-state index in [9.17, 15) is 9.59 Å². The van der Waals surface area contributed by atoms with Crippen molar-refractivity contribution in [3.8, 4) is 0 Å². The average Bonchev–Trinajstić information content (AvgIpc) is 3.20. The molecule has 0 aromatic heterocycles. The molecule has 0 saturated carbocycles. The normalized spacial score (nSPS) is 14.1. The number of hydroxylamine groups is 2. The molecule has 1 fully saturated rings. The number of aryl methyl sites for hydroxylation is 1. The first-order valence-electron chi connectivity index (χ1n) is 9.30. The highest BCUT2D eigenvalue weighted by atomic mass is 16.7. The fourth-order valence-corrected chi connectivity index (χ4v) is 2.93. The van der Waals surface area contributed by atoms with E-state index in [4.69, 9.17) is 4.84 Å². The number of nitrogens with one attached hydrogen (secondary N) is 2. The van der Waals surface area contributed by atoms with Crippen molar-refractivity contribution in [1.82, 2.24) is 5.06 Å². The van der Waals surface area contributed by atoms with Crippen molar-refractivity contribution in [3.05, 3.63) is 60.2 Å². The summed E-state index contributed by atoms with van der Waals surface area (Å²) in [6, 6.07) is 17.1. The van der Waals surface area contributed by atoms with Gasteiger partial charge in [-0.15, -0.1) is 0 Å². The molecule has 6 heteroatoms. The van der Waals surface area contributed by atoms with Gasteiger partial charge < -0.3 is 10.6 Å². The van der Waals surface area contributed by atoms with Gasteiger partial charge in [0.15, 0.2) is 0 Å². The Morgan fingerprint density at radius 1 is 0.926 bits per heavy atom. The summed E-state index contributed by atoms with van der Waals surface area (Å²) in [5.74, 6) is -0.119. The van der Waals surface area contributed by atoms with E-state index in [1.54, 1.807) is 6.07 Å². The Morgan fingerprint density at radius 2 is 1.63 bits per heavy atom. The van der Waals surface area contributed by atoms with Crippen LogP contribution in [0.25, 0.3) is 0 Å². The minimum atomic E-state index is -0.0712. The smallest absolute Gasteiger partial charge is 0.225 e. The second kappa shape index (κ2) is 9.85. The lowest BCUT2D eigenvalue weighted by molar-refractivity contribution is -0.126. The lowest BCUT2D eigenvalue weighted by Crippen LogP contribution is -2.24. The third-order valence-corrected chi connectivity index (χ3v) is 4.33. The van der Waals surface area contributed by atoms with Crippen LogP contribution in [0, 0.1) is 0 Å². The Balaban J connectivity index is 1.44. The third kappa shape index (κ3) is 6.51. The first-order valence-corrected chi connectivity index (χ1v) is 9.30. The molecule has 1 heterocycles. The zero-order valence-electron chi connectivity index (χ0n) is 15.3. The van der Waals surface area contributed by atoms with Gasteiger partial charge in [0, 0.05) is 37.3 Å². The topological polar surface area (TPSA) is 70.7 Å². The van der Waals surface area contributed by atoms with Crippen LogP contribution in [-0.2, 0) is 20.8 Å². The minimum Gasteiger partial charge on any atom is -0.326 e. The summed E-state index contributed by atoms with van der Waals surface area (Å²) >= 11 is 0. The summed E-state index contributed by atoms with van der Waals surface area (Å²) < 4.78 is 0. The summed E-state index contributed by atoms with van der Waals surface area (Å²) in [6.07, 6.45) is 2.49. The summed E-state index contributed by atoms with van der Waals surface area (Å²) in [5, 5.41) is 7.57. The molecule has 1 saturated heterocycles. The van der Waals surface area contributed by atoms with Gasteiger partial charge in [0.2, 0.25) is 11.8 Å². The molecule has 142 valence electrons. The van der Waals surface area contributed by atoms with E-state index in [1.807, 2.05) is 53.6 Å². The van der Waals surface area contributed by atoms with Crippen LogP contribution in [-0.4, -0.2) is 36.6 Å². The van der Waals surface area contributed by atoms with Crippen LogP contribution < -0.4 is 10.6 Å². The summed E-state index contributed by atoms with van der Waals surface area (Å²) in [4.78, 5) is 29.6. The van der Waals surface area contributed by atoms with E-state index in [0.29, 0.717) is 37.2 Å². The predicted molar refractivity (Wildman–Crippen MR) is 105 cm³/mol. The summed E-state index contributed by atoms with van der Waals surface area (Å²) in [6.45, 7) is 2.19. The van der Waals surface area contributed by atoms with Gasteiger partial charge in [-0.25, -0.2) is 0 Å². The van der Waals surface area contributed by atoms with Crippen LogP contribution in [0.3, 0.4) is 0 Å². The van der Waals surface area contributed by atoms with Crippen LogP contribution in [0.4, 0.5) is 11.4 Å². The molecule has 0 bridgehead atoms. The fraction of sp³-hybridized carbons (Fsp3) is 0.333. The van der Waals surface area contributed by atoms with Crippen molar-refractivity contribution in [1.29, 1.82) is 0 Å². The average molecular weight is 367 g/mol. The van der Waals surface area contributed by atoms with Crippen LogP contribution >= 0.6 is 0 Å². The van der Waals surface area contributed by atoms with E-state index in [1.165, 1.54) is 0 Å². The Morgan fingerprint density at radius 3 is 2.30 bits per heavy atom. The number of rotatable bonds is 8. The van der Waals surface area contributed by atoms with Crippen molar-refractivity contribution < 1.29 is 14.4 Å². The van der Waals surface area contributed by atoms with E-state index in [-0.39, 0.29) is 11.8 Å². The van der Waals surface area contributed by atoms with Crippen molar-refractivity contribution >= 4 is 23.2 Å². The molecule has 0 spiro atoms. The number of amides is 2. The van der Waals surface area contributed by atoms with Crippen LogP contribution in [0.1, 0.15) is 24.8 Å². The van der Waals surface area contributed by atoms with Gasteiger partial charge in [0.05, 0.1) is 6.61 Å². The summed E-state index contributed by atoms with van der Waals surface area (Å²) in [7, 11) is 0. The SMILES string of the molecule is O=C(CCc1ccccc1)Nc1cccc(NC(=O)CCN2CCCO2)c1. The monoisotopic (exact) mass is 367 g/mol. The molecule has 0 atom stereocenters. The lowest BCUT2D eigenvalue weighted by Gasteiger charge is -2.13. The van der Waals surface area contributed by atoms with E-state index < -0.39 is 0 Å². The van der Waals surface area contributed by atoms with E-state index in [0.717, 1.165) is 25.1 Å². The van der Waals surface area contributed by atoms with Crippen molar-refractivity contribution in [3.63, 3.8) is 0 Å². The third-order valence-electron chi connectivity index (χ3n) is 4.33. The number of hydrogen-bond acceptors (Lipinski definition) is 4. The van der Waals surface area contributed by atoms with Gasteiger partial charge in [-0.2, -0.15) is 5.06 Å². The predicted octanol–water partition coefficient (Wildman–Crippen LogP) is 3.22. The maximum absolute atomic E-state index is 12.2. The molecule has 2 amide bonds. The zero-order chi connectivity index (χ0) is 18.9. The van der Waals surface area contributed by atoms with E-state index >= 15 is 0 Å². The minimum absolute atomic E-state index is 0.0477. The van der Waals surface area contributed by atoms with Gasteiger partial charge in [-0.3, -0.25) is 14.4 Å². The molecule has 3 rings (SSSR count). The second-order valence-corrected chi connectivity index (χ2v) is 6.53. The molecule has 0 radical (unpaired) electrons. The molecule has 27 heavy (non-hydrogen) atoms. The molecule has 1 aliphatic rings. The van der Waals surface area contributed by atoms with Gasteiger partial charge in [0.25, 0.3) is 0 Å². The first kappa shape index (κ1) is 19.1. The molecule has 2 aromatic carbocycles. The van der Waals surface area contributed by atoms with Gasteiger partial charge >= 0.3 is 0 Å². The molecule has 0 aliphatic carbocycles. The van der Waals surface area contributed by atoms with Gasteiger partial charge in [-0.1, -0.05) is 36.4 Å². The molecular weight excluding hydrogens is 342 g/mol. The Hall–Kier alpha value is -2.70. The number of hydrogen-bond donors (Lipinski definition) is 2. The number of carbonyl (C=O) groups is 2. The maximum atomic E-state index is 12.2. The van der Waals surface area contributed by atoms with Crippen LogP contribution in [0.15, 0.2) is 54.6 Å². The highest BCUT2D eigenvalue weighted by Gasteiger charge is 2.14. The van der Waals surface area contributed by atoms with Crippen molar-refractivity contribution in [2.24, 2.45) is 0 Å². The Labute approximate surface area is 159 Å². The number of anilines is 2. The highest BCUT2D eigenvalue weighted by molar-refractivity contribution is 5.94. The van der Waals surface area contributed by atoms with Crippen LogP contribution in [0.5, 0.6) is 0 Å². The van der Waals surface area contributed by atoms with Crippen molar-refractivity contribution in [2.45, 2.75) is 25.7 Å². The Bertz CT molecular complexity index is 758. The second-order valence-electron chi connectivity index (χ2n) is 6.53. The lowest BCUT2D eigenvalue weighted by atomic mass is 10.1. The molecule has 2 N–H and O–H groups in total.